The van der Waals surface area contributed by atoms with Gasteiger partial charge in [-0.15, -0.1) is 0 Å². The molecule has 1 saturated carbocycles. The Morgan fingerprint density at radius 1 is 0.953 bits per heavy atom. The number of benzene rings is 2. The smallest absolute Gasteiger partial charge is 0.296 e. The van der Waals surface area contributed by atoms with Crippen LogP contribution in [0.4, 0.5) is 20.5 Å². The molecule has 12 heteroatoms. The van der Waals surface area contributed by atoms with E-state index in [4.69, 9.17) is 14.7 Å². The summed E-state index contributed by atoms with van der Waals surface area (Å²) < 4.78 is 36.4. The van der Waals surface area contributed by atoms with Crippen molar-refractivity contribution in [2.24, 2.45) is 0 Å². The highest BCUT2D eigenvalue weighted by Crippen LogP contribution is 2.30. The summed E-state index contributed by atoms with van der Waals surface area (Å²) in [5, 5.41) is 6.67. The first-order chi connectivity index (χ1) is 20.9. The second kappa shape index (κ2) is 13.5. The van der Waals surface area contributed by atoms with Crippen molar-refractivity contribution < 1.29 is 18.3 Å². The van der Waals surface area contributed by atoms with Crippen molar-refractivity contribution in [1.29, 1.82) is 0 Å². The predicted molar refractivity (Wildman–Crippen MR) is 170 cm³/mol. The number of hydrogen-bond donors (Lipinski definition) is 2. The van der Waals surface area contributed by atoms with Crippen molar-refractivity contribution >= 4 is 51.3 Å². The van der Waals surface area contributed by atoms with Crippen LogP contribution in [0.25, 0.3) is 16.9 Å². The molecule has 1 amide bonds. The first-order valence-corrected chi connectivity index (χ1v) is 15.8. The molecule has 43 heavy (non-hydrogen) atoms. The number of imidazole rings is 1. The highest BCUT2D eigenvalue weighted by Gasteiger charge is 2.26. The summed E-state index contributed by atoms with van der Waals surface area (Å²) in [7, 11) is 0. The fourth-order valence-corrected chi connectivity index (χ4v) is 6.12. The Morgan fingerprint density at radius 2 is 1.65 bits per heavy atom. The van der Waals surface area contributed by atoms with Crippen LogP contribution in [0.1, 0.15) is 49.9 Å². The van der Waals surface area contributed by atoms with Gasteiger partial charge in [0.2, 0.25) is 11.9 Å². The summed E-state index contributed by atoms with van der Waals surface area (Å²) >= 11 is 2.28. The number of carbonyl (C=O) groups is 1. The molecule has 1 aliphatic heterocycles. The summed E-state index contributed by atoms with van der Waals surface area (Å²) in [6, 6.07) is 17.3. The second-order valence-corrected chi connectivity index (χ2v) is 12.2. The van der Waals surface area contributed by atoms with Gasteiger partial charge in [-0.1, -0.05) is 24.3 Å². The van der Waals surface area contributed by atoms with E-state index in [1.54, 1.807) is 30.3 Å². The Kier molecular flexibility index (Phi) is 9.31. The molecule has 2 aliphatic rings. The van der Waals surface area contributed by atoms with Gasteiger partial charge in [-0.2, -0.15) is 9.97 Å². The van der Waals surface area contributed by atoms with E-state index in [1.807, 2.05) is 0 Å². The zero-order valence-electron chi connectivity index (χ0n) is 23.7. The van der Waals surface area contributed by atoms with Crippen molar-refractivity contribution in [3.05, 3.63) is 69.6 Å². The van der Waals surface area contributed by atoms with E-state index in [0.717, 1.165) is 37.7 Å². The van der Waals surface area contributed by atoms with Crippen LogP contribution < -0.4 is 15.5 Å². The molecule has 3 heterocycles. The van der Waals surface area contributed by atoms with E-state index in [1.165, 1.54) is 8.14 Å². The van der Waals surface area contributed by atoms with Gasteiger partial charge < -0.3 is 20.3 Å². The van der Waals surface area contributed by atoms with E-state index in [-0.39, 0.29) is 23.8 Å². The molecule has 1 aliphatic carbocycles. The lowest BCUT2D eigenvalue weighted by Crippen LogP contribution is -2.40. The molecule has 2 fully saturated rings. The number of amides is 1. The molecule has 0 radical (unpaired) electrons. The number of para-hydroxylation sites is 2. The van der Waals surface area contributed by atoms with Crippen LogP contribution >= 0.6 is 22.6 Å². The van der Waals surface area contributed by atoms with Crippen LogP contribution in [0.2, 0.25) is 0 Å². The first kappa shape index (κ1) is 29.7. The molecule has 2 N–H and O–H groups in total. The van der Waals surface area contributed by atoms with Crippen molar-refractivity contribution in [1.82, 2.24) is 24.8 Å². The van der Waals surface area contributed by atoms with Crippen molar-refractivity contribution in [2.75, 3.05) is 36.5 Å². The van der Waals surface area contributed by atoms with Crippen LogP contribution in [0.15, 0.2) is 54.6 Å². The van der Waals surface area contributed by atoms with Gasteiger partial charge in [-0.3, -0.25) is 9.36 Å². The Balaban J connectivity index is 1.15. The monoisotopic (exact) mass is 701 g/mol. The Morgan fingerprint density at radius 3 is 2.40 bits per heavy atom. The number of nitrogens with zero attached hydrogens (tertiary/aromatic N) is 5. The van der Waals surface area contributed by atoms with Crippen LogP contribution in [-0.2, 0) is 16.0 Å². The molecule has 2 aromatic carbocycles. The topological polar surface area (TPSA) is 97.2 Å². The van der Waals surface area contributed by atoms with Crippen LogP contribution in [0, 0.1) is 3.57 Å². The number of hydrogen-bond acceptors (Lipinski definition) is 7. The average Bonchev–Trinajstić information content (AvgIpc) is 3.42. The highest BCUT2D eigenvalue weighted by molar-refractivity contribution is 14.1. The first-order valence-electron chi connectivity index (χ1n) is 14.7. The quantitative estimate of drug-likeness (QED) is 0.217. The van der Waals surface area contributed by atoms with Gasteiger partial charge in [-0.25, -0.2) is 13.8 Å². The fraction of sp³-hybridized carbons (Fsp3) is 0.419. The maximum atomic E-state index is 14.2. The number of fused-ring (bicyclic) bond motifs is 1. The molecule has 0 bridgehead atoms. The summed E-state index contributed by atoms with van der Waals surface area (Å²) in [4.78, 5) is 28.4. The average molecular weight is 702 g/mol. The molecule has 2 aromatic heterocycles. The van der Waals surface area contributed by atoms with Crippen molar-refractivity contribution in [2.45, 2.75) is 57.0 Å². The van der Waals surface area contributed by atoms with Gasteiger partial charge in [0.1, 0.15) is 11.6 Å². The zero-order valence-corrected chi connectivity index (χ0v) is 25.8. The fourth-order valence-electron chi connectivity index (χ4n) is 5.76. The molecular weight excluding hydrogens is 667 g/mol. The third kappa shape index (κ3) is 7.23. The van der Waals surface area contributed by atoms with E-state index < -0.39 is 6.43 Å². The Bertz CT molecular complexity index is 1550. The molecule has 9 nitrogen and oxygen atoms in total. The predicted octanol–water partition coefficient (Wildman–Crippen LogP) is 5.67. The van der Waals surface area contributed by atoms with Gasteiger partial charge in [-0.05, 0) is 84.5 Å². The molecule has 4 aromatic rings. The lowest BCUT2D eigenvalue weighted by molar-refractivity contribution is -0.122. The molecule has 0 spiro atoms. The molecule has 226 valence electrons. The number of anilines is 2. The summed E-state index contributed by atoms with van der Waals surface area (Å²) in [6.07, 6.45) is 1.76. The second-order valence-electron chi connectivity index (χ2n) is 11.0. The van der Waals surface area contributed by atoms with E-state index in [2.05, 4.69) is 67.4 Å². The third-order valence-corrected chi connectivity index (χ3v) is 8.74. The molecule has 1 saturated heterocycles. The number of halogens is 3. The number of carbonyl (C=O) groups excluding carboxylic acids is 1. The minimum Gasteiger partial charge on any atom is -0.378 e. The lowest BCUT2D eigenvalue weighted by Gasteiger charge is -2.31. The van der Waals surface area contributed by atoms with Crippen LogP contribution in [0.5, 0.6) is 0 Å². The van der Waals surface area contributed by atoms with Gasteiger partial charge in [0.25, 0.3) is 6.43 Å². The normalized spacial score (nSPS) is 19.1. The van der Waals surface area contributed by atoms with Gasteiger partial charge in [0.05, 0.1) is 24.2 Å². The number of morpholine rings is 1. The van der Waals surface area contributed by atoms with Crippen LogP contribution in [0.3, 0.4) is 0 Å². The SMILES string of the molecule is O=C(CCc1ccc(I)cc1)N[C@H]1CC[C@H](Nc2nc(N3CCOCC3)cc(-n3c(C(F)F)nc4ccccc43)n2)CC1. The Hall–Kier alpha value is -3.39. The van der Waals surface area contributed by atoms with E-state index >= 15 is 0 Å². The maximum Gasteiger partial charge on any atom is 0.296 e. The van der Waals surface area contributed by atoms with Crippen molar-refractivity contribution in [3.8, 4) is 5.82 Å². The van der Waals surface area contributed by atoms with Gasteiger partial charge >= 0.3 is 0 Å². The molecule has 6 rings (SSSR count). The van der Waals surface area contributed by atoms with E-state index in [9.17, 15) is 13.6 Å². The molecule has 0 atom stereocenters. The molecular formula is C31H34F2IN7O2. The minimum atomic E-state index is -2.77. The minimum absolute atomic E-state index is 0.0727. The number of rotatable bonds is 9. The maximum absolute atomic E-state index is 14.2. The third-order valence-electron chi connectivity index (χ3n) is 8.02. The number of ether oxygens (including phenoxy) is 1. The summed E-state index contributed by atoms with van der Waals surface area (Å²) in [5.41, 5.74) is 2.21. The van der Waals surface area contributed by atoms with Crippen LogP contribution in [-0.4, -0.2) is 63.8 Å². The standard InChI is InChI=1S/C31H34F2IN7O2/c32-29(33)30-37-24-3-1-2-4-25(24)41(30)27-19-26(40-15-17-43-18-16-40)38-31(39-27)36-23-12-10-22(11-13-23)35-28(42)14-7-20-5-8-21(34)9-6-20/h1-6,8-9,19,22-23,29H,7,10-18H2,(H,35,42)(H,36,38,39)/t22-,23-. The van der Waals surface area contributed by atoms with Crippen molar-refractivity contribution in [3.63, 3.8) is 0 Å². The number of nitrogens with one attached hydrogen (secondary N) is 2. The van der Waals surface area contributed by atoms with E-state index in [0.29, 0.717) is 61.3 Å². The summed E-state index contributed by atoms with van der Waals surface area (Å²) in [6.45, 7) is 2.44. The van der Waals surface area contributed by atoms with Gasteiger partial charge in [0.15, 0.2) is 5.82 Å². The summed E-state index contributed by atoms with van der Waals surface area (Å²) in [5.74, 6) is 1.11. The number of aryl methyl sites for hydroxylation is 1. The largest absolute Gasteiger partial charge is 0.378 e. The Labute approximate surface area is 262 Å². The lowest BCUT2D eigenvalue weighted by atomic mass is 9.91. The number of alkyl halides is 2. The number of aromatic nitrogens is 4. The highest BCUT2D eigenvalue weighted by atomic mass is 127. The van der Waals surface area contributed by atoms with Gasteiger partial charge in [0, 0.05) is 41.2 Å². The molecule has 0 unspecified atom stereocenters. The zero-order chi connectivity index (χ0) is 29.8.